The highest BCUT2D eigenvalue weighted by Gasteiger charge is 2.19. The largest absolute Gasteiger partial charge is 0.462 e. The standard InChI is InChI=1S/C61H96O6/c1-4-7-10-13-16-19-22-24-26-28-30-32-34-36-39-42-45-48-51-54-60(63)66-57-58(56-65-59(62)53-50-47-44-41-38-21-18-15-12-9-6-3)67-61(64)55-52-49-46-43-40-37-35-33-31-29-27-25-23-20-17-14-11-8-5-2/h7,10,15-20,24-27,30-33,36-37,39-40,46,49,58H,4-6,8-9,11-14,21-23,28-29,34-35,38,41-45,47-48,50-57H2,1-3H3/b10-7-,18-15-,19-16-,20-17-,26-24-,27-25-,32-30-,33-31-,39-36-,40-37-,49-46-/t58-/m0/s1. The molecule has 0 rings (SSSR count). The zero-order chi connectivity index (χ0) is 48.6. The molecule has 0 bridgehead atoms. The molecule has 0 N–H and O–H groups in total. The molecule has 6 heteroatoms. The molecule has 376 valence electrons. The third-order valence-corrected chi connectivity index (χ3v) is 10.6. The number of rotatable bonds is 46. The van der Waals surface area contributed by atoms with E-state index in [9.17, 15) is 14.4 Å². The van der Waals surface area contributed by atoms with Crippen LogP contribution in [0.25, 0.3) is 0 Å². The summed E-state index contributed by atoms with van der Waals surface area (Å²) in [6.45, 7) is 6.34. The fourth-order valence-corrected chi connectivity index (χ4v) is 6.61. The molecule has 0 spiro atoms. The van der Waals surface area contributed by atoms with Crippen LogP contribution in [0.3, 0.4) is 0 Å². The summed E-state index contributed by atoms with van der Waals surface area (Å²) in [5, 5.41) is 0. The maximum Gasteiger partial charge on any atom is 0.306 e. The maximum absolute atomic E-state index is 12.8. The highest BCUT2D eigenvalue weighted by Crippen LogP contribution is 2.11. The van der Waals surface area contributed by atoms with E-state index in [1.807, 2.05) is 12.2 Å². The van der Waals surface area contributed by atoms with Crippen LogP contribution < -0.4 is 0 Å². The van der Waals surface area contributed by atoms with Crippen molar-refractivity contribution < 1.29 is 28.6 Å². The third kappa shape index (κ3) is 52.4. The van der Waals surface area contributed by atoms with Gasteiger partial charge in [0, 0.05) is 19.3 Å². The lowest BCUT2D eigenvalue weighted by Crippen LogP contribution is -2.30. The number of unbranched alkanes of at least 4 members (excludes halogenated alkanes) is 13. The molecule has 0 aromatic rings. The molecule has 1 atom stereocenters. The van der Waals surface area contributed by atoms with Gasteiger partial charge in [-0.15, -0.1) is 0 Å². The van der Waals surface area contributed by atoms with Crippen molar-refractivity contribution in [1.82, 2.24) is 0 Å². The van der Waals surface area contributed by atoms with Gasteiger partial charge in [-0.1, -0.05) is 206 Å². The van der Waals surface area contributed by atoms with E-state index in [1.165, 1.54) is 51.4 Å². The van der Waals surface area contributed by atoms with E-state index < -0.39 is 12.1 Å². The molecule has 0 radical (unpaired) electrons. The van der Waals surface area contributed by atoms with E-state index in [-0.39, 0.29) is 31.6 Å². The zero-order valence-corrected chi connectivity index (χ0v) is 42.9. The summed E-state index contributed by atoms with van der Waals surface area (Å²) < 4.78 is 16.7. The number of hydrogen-bond donors (Lipinski definition) is 0. The van der Waals surface area contributed by atoms with Gasteiger partial charge in [-0.05, 0) is 122 Å². The quantitative estimate of drug-likeness (QED) is 0.0262. The van der Waals surface area contributed by atoms with Crippen LogP contribution in [0.5, 0.6) is 0 Å². The first-order chi connectivity index (χ1) is 33.0. The van der Waals surface area contributed by atoms with Crippen molar-refractivity contribution in [2.45, 2.75) is 219 Å². The van der Waals surface area contributed by atoms with E-state index in [1.54, 1.807) is 0 Å². The van der Waals surface area contributed by atoms with Gasteiger partial charge in [0.1, 0.15) is 13.2 Å². The van der Waals surface area contributed by atoms with Crippen LogP contribution in [0.1, 0.15) is 213 Å². The number of hydrogen-bond acceptors (Lipinski definition) is 6. The molecule has 0 saturated heterocycles. The second kappa shape index (κ2) is 54.2. The van der Waals surface area contributed by atoms with E-state index in [0.29, 0.717) is 19.3 Å². The Kier molecular flexibility index (Phi) is 50.6. The maximum atomic E-state index is 12.8. The Hall–Kier alpha value is -4.45. The van der Waals surface area contributed by atoms with Gasteiger partial charge >= 0.3 is 17.9 Å². The summed E-state index contributed by atoms with van der Waals surface area (Å²) in [5.41, 5.74) is 0. The van der Waals surface area contributed by atoms with E-state index in [4.69, 9.17) is 14.2 Å². The van der Waals surface area contributed by atoms with Crippen molar-refractivity contribution in [3.8, 4) is 0 Å². The number of carbonyl (C=O) groups is 3. The molecule has 0 aromatic carbocycles. The van der Waals surface area contributed by atoms with Gasteiger partial charge in [0.15, 0.2) is 6.10 Å². The molecule has 0 aromatic heterocycles. The second-order valence-corrected chi connectivity index (χ2v) is 17.0. The Morgan fingerprint density at radius 2 is 0.627 bits per heavy atom. The Balaban J connectivity index is 4.57. The summed E-state index contributed by atoms with van der Waals surface area (Å²) in [6, 6.07) is 0. The average Bonchev–Trinajstić information content (AvgIpc) is 3.33. The van der Waals surface area contributed by atoms with E-state index >= 15 is 0 Å². The zero-order valence-electron chi connectivity index (χ0n) is 42.9. The van der Waals surface area contributed by atoms with Gasteiger partial charge in [-0.3, -0.25) is 14.4 Å². The molecule has 67 heavy (non-hydrogen) atoms. The summed E-state index contributed by atoms with van der Waals surface area (Å²) >= 11 is 0. The molecular weight excluding hydrogens is 829 g/mol. The van der Waals surface area contributed by atoms with Crippen LogP contribution in [-0.4, -0.2) is 37.2 Å². The molecule has 0 aliphatic rings. The first-order valence-corrected chi connectivity index (χ1v) is 26.7. The first kappa shape index (κ1) is 62.5. The van der Waals surface area contributed by atoms with E-state index in [2.05, 4.69) is 142 Å². The van der Waals surface area contributed by atoms with Gasteiger partial charge in [0.2, 0.25) is 0 Å². The lowest BCUT2D eigenvalue weighted by Gasteiger charge is -2.18. The van der Waals surface area contributed by atoms with Crippen molar-refractivity contribution in [1.29, 1.82) is 0 Å². The Labute approximate surface area is 411 Å². The summed E-state index contributed by atoms with van der Waals surface area (Å²) in [4.78, 5) is 38.0. The highest BCUT2D eigenvalue weighted by molar-refractivity contribution is 5.71. The van der Waals surface area contributed by atoms with Crippen molar-refractivity contribution in [2.75, 3.05) is 13.2 Å². The topological polar surface area (TPSA) is 78.9 Å². The van der Waals surface area contributed by atoms with Gasteiger partial charge in [-0.25, -0.2) is 0 Å². The van der Waals surface area contributed by atoms with Crippen molar-refractivity contribution in [3.63, 3.8) is 0 Å². The second-order valence-electron chi connectivity index (χ2n) is 17.0. The first-order valence-electron chi connectivity index (χ1n) is 26.7. The van der Waals surface area contributed by atoms with Crippen molar-refractivity contribution in [2.24, 2.45) is 0 Å². The molecule has 0 aliphatic carbocycles. The molecule has 0 heterocycles. The molecule has 0 aliphatic heterocycles. The van der Waals surface area contributed by atoms with Crippen LogP contribution in [0.15, 0.2) is 134 Å². The Morgan fingerprint density at radius 1 is 0.313 bits per heavy atom. The number of esters is 3. The van der Waals surface area contributed by atoms with Crippen LogP contribution in [0.4, 0.5) is 0 Å². The van der Waals surface area contributed by atoms with Crippen LogP contribution in [0.2, 0.25) is 0 Å². The number of carbonyl (C=O) groups excluding carboxylic acids is 3. The monoisotopic (exact) mass is 925 g/mol. The summed E-state index contributed by atoms with van der Waals surface area (Å²) in [5.74, 6) is -1.06. The predicted molar refractivity (Wildman–Crippen MR) is 288 cm³/mol. The van der Waals surface area contributed by atoms with Gasteiger partial charge < -0.3 is 14.2 Å². The van der Waals surface area contributed by atoms with Crippen molar-refractivity contribution >= 4 is 17.9 Å². The Morgan fingerprint density at radius 3 is 1.04 bits per heavy atom. The minimum Gasteiger partial charge on any atom is -0.462 e. The van der Waals surface area contributed by atoms with Crippen LogP contribution >= 0.6 is 0 Å². The fourth-order valence-electron chi connectivity index (χ4n) is 6.61. The minimum atomic E-state index is -0.839. The molecule has 0 fully saturated rings. The minimum absolute atomic E-state index is 0.128. The summed E-state index contributed by atoms with van der Waals surface area (Å²) in [7, 11) is 0. The van der Waals surface area contributed by atoms with Gasteiger partial charge in [-0.2, -0.15) is 0 Å². The third-order valence-electron chi connectivity index (χ3n) is 10.6. The SMILES string of the molecule is CC/C=C\C/C=C\C/C=C\C/C=C\C/C=C\CCCCCC(=O)OC[C@H](COC(=O)CCCCCCC/C=C\CCCC)OC(=O)CC/C=C\C/C=C\C/C=C\C/C=C\C/C=C\CCCCC. The number of ether oxygens (including phenoxy) is 3. The Bertz CT molecular complexity index is 1480. The van der Waals surface area contributed by atoms with Crippen LogP contribution in [-0.2, 0) is 28.6 Å². The van der Waals surface area contributed by atoms with Crippen LogP contribution in [0, 0.1) is 0 Å². The highest BCUT2D eigenvalue weighted by atomic mass is 16.6. The van der Waals surface area contributed by atoms with Crippen molar-refractivity contribution in [3.05, 3.63) is 134 Å². The lowest BCUT2D eigenvalue weighted by atomic mass is 10.1. The molecule has 6 nitrogen and oxygen atoms in total. The number of allylic oxidation sites excluding steroid dienone is 22. The van der Waals surface area contributed by atoms with E-state index in [0.717, 1.165) is 116 Å². The smallest absolute Gasteiger partial charge is 0.306 e. The van der Waals surface area contributed by atoms with Gasteiger partial charge in [0.25, 0.3) is 0 Å². The summed E-state index contributed by atoms with van der Waals surface area (Å²) in [6.07, 6.45) is 75.9. The molecule has 0 unspecified atom stereocenters. The normalized spacial score (nSPS) is 13.2. The van der Waals surface area contributed by atoms with Gasteiger partial charge in [0.05, 0.1) is 0 Å². The lowest BCUT2D eigenvalue weighted by molar-refractivity contribution is -0.166. The molecule has 0 saturated carbocycles. The average molecular weight is 925 g/mol. The predicted octanol–water partition coefficient (Wildman–Crippen LogP) is 17.9. The molecule has 0 amide bonds. The molecular formula is C61H96O6. The fraction of sp³-hybridized carbons (Fsp3) is 0.590.